The Morgan fingerprint density at radius 2 is 1.96 bits per heavy atom. The summed E-state index contributed by atoms with van der Waals surface area (Å²) in [5.41, 5.74) is 2.42. The van der Waals surface area contributed by atoms with E-state index in [-0.39, 0.29) is 11.9 Å². The first-order valence-electron chi connectivity index (χ1n) is 9.30. The molecule has 1 fully saturated rings. The van der Waals surface area contributed by atoms with Crippen molar-refractivity contribution in [1.82, 2.24) is 10.2 Å². The van der Waals surface area contributed by atoms with E-state index < -0.39 is 6.10 Å². The first-order chi connectivity index (χ1) is 11.5. The quantitative estimate of drug-likeness (QED) is 0.831. The third-order valence-electron chi connectivity index (χ3n) is 4.89. The van der Waals surface area contributed by atoms with Crippen molar-refractivity contribution in [2.24, 2.45) is 0 Å². The van der Waals surface area contributed by atoms with Crippen molar-refractivity contribution < 1.29 is 9.53 Å². The largest absolute Gasteiger partial charge is 0.481 e. The van der Waals surface area contributed by atoms with E-state index in [2.05, 4.69) is 31.0 Å². The zero-order valence-corrected chi connectivity index (χ0v) is 15.6. The van der Waals surface area contributed by atoms with Gasteiger partial charge in [-0.1, -0.05) is 19.9 Å². The lowest BCUT2D eigenvalue weighted by Gasteiger charge is -2.32. The van der Waals surface area contributed by atoms with Crippen molar-refractivity contribution >= 4 is 5.91 Å². The second-order valence-corrected chi connectivity index (χ2v) is 6.89. The van der Waals surface area contributed by atoms with Crippen LogP contribution in [0.3, 0.4) is 0 Å². The number of hydrogen-bond acceptors (Lipinski definition) is 3. The SMILES string of the molecule is CCCN1CCC(NC(=O)[C@H](CC)Oc2ccc(C)c(C)c2)CC1. The zero-order chi connectivity index (χ0) is 17.5. The van der Waals surface area contributed by atoms with Crippen molar-refractivity contribution in [2.75, 3.05) is 19.6 Å². The highest BCUT2D eigenvalue weighted by Gasteiger charge is 2.24. The number of rotatable bonds is 7. The lowest BCUT2D eigenvalue weighted by molar-refractivity contribution is -0.129. The molecule has 1 amide bonds. The number of carbonyl (C=O) groups is 1. The van der Waals surface area contributed by atoms with Gasteiger partial charge in [-0.3, -0.25) is 4.79 Å². The molecule has 0 saturated carbocycles. The normalized spacial score (nSPS) is 17.5. The number of ether oxygens (including phenoxy) is 1. The standard InChI is InChI=1S/C20H32N2O2/c1-5-11-22-12-9-17(10-13-22)21-20(23)19(6-2)24-18-8-7-15(3)16(4)14-18/h7-8,14,17,19H,5-6,9-13H2,1-4H3,(H,21,23)/t19-/m0/s1. The number of hydrogen-bond donors (Lipinski definition) is 1. The van der Waals surface area contributed by atoms with Crippen LogP contribution in [0.1, 0.15) is 50.7 Å². The van der Waals surface area contributed by atoms with Gasteiger partial charge in [0, 0.05) is 19.1 Å². The zero-order valence-electron chi connectivity index (χ0n) is 15.6. The average molecular weight is 332 g/mol. The summed E-state index contributed by atoms with van der Waals surface area (Å²) in [6, 6.07) is 6.28. The molecule has 1 N–H and O–H groups in total. The van der Waals surface area contributed by atoms with Crippen LogP contribution in [0.25, 0.3) is 0 Å². The number of piperidine rings is 1. The summed E-state index contributed by atoms with van der Waals surface area (Å²) < 4.78 is 5.94. The van der Waals surface area contributed by atoms with Crippen LogP contribution in [0.4, 0.5) is 0 Å². The van der Waals surface area contributed by atoms with Crippen LogP contribution in [0.2, 0.25) is 0 Å². The third kappa shape index (κ3) is 5.23. The van der Waals surface area contributed by atoms with Crippen LogP contribution in [-0.4, -0.2) is 42.6 Å². The second kappa shape index (κ2) is 9.07. The molecular formula is C20H32N2O2. The molecule has 0 unspecified atom stereocenters. The van der Waals surface area contributed by atoms with Gasteiger partial charge in [0.1, 0.15) is 5.75 Å². The van der Waals surface area contributed by atoms with Crippen LogP contribution in [0, 0.1) is 13.8 Å². The molecule has 1 aliphatic rings. The van der Waals surface area contributed by atoms with Crippen LogP contribution in [0.15, 0.2) is 18.2 Å². The molecule has 0 spiro atoms. The Morgan fingerprint density at radius 1 is 1.25 bits per heavy atom. The Labute approximate surface area is 146 Å². The lowest BCUT2D eigenvalue weighted by Crippen LogP contribution is -2.48. The van der Waals surface area contributed by atoms with Gasteiger partial charge < -0.3 is 15.0 Å². The monoisotopic (exact) mass is 332 g/mol. The highest BCUT2D eigenvalue weighted by Crippen LogP contribution is 2.19. The van der Waals surface area contributed by atoms with Crippen molar-refractivity contribution in [3.05, 3.63) is 29.3 Å². The first-order valence-corrected chi connectivity index (χ1v) is 9.30. The highest BCUT2D eigenvalue weighted by atomic mass is 16.5. The maximum atomic E-state index is 12.6. The van der Waals surface area contributed by atoms with Gasteiger partial charge in [-0.25, -0.2) is 0 Å². The van der Waals surface area contributed by atoms with Gasteiger partial charge >= 0.3 is 0 Å². The van der Waals surface area contributed by atoms with Gasteiger partial charge in [-0.05, 0) is 69.3 Å². The lowest BCUT2D eigenvalue weighted by atomic mass is 10.0. The predicted molar refractivity (Wildman–Crippen MR) is 98.5 cm³/mol. The molecule has 4 nitrogen and oxygen atoms in total. The summed E-state index contributed by atoms with van der Waals surface area (Å²) in [5, 5.41) is 3.19. The molecule has 0 bridgehead atoms. The predicted octanol–water partition coefficient (Wildman–Crippen LogP) is 3.45. The van der Waals surface area contributed by atoms with Crippen LogP contribution < -0.4 is 10.1 Å². The van der Waals surface area contributed by atoms with Crippen molar-refractivity contribution in [3.8, 4) is 5.75 Å². The van der Waals surface area contributed by atoms with Gasteiger partial charge in [0.25, 0.3) is 5.91 Å². The Morgan fingerprint density at radius 3 is 2.54 bits per heavy atom. The third-order valence-corrected chi connectivity index (χ3v) is 4.89. The van der Waals surface area contributed by atoms with E-state index in [4.69, 9.17) is 4.74 Å². The Balaban J connectivity index is 1.86. The molecule has 1 atom stereocenters. The molecule has 1 heterocycles. The number of nitrogens with zero attached hydrogens (tertiary/aromatic N) is 1. The van der Waals surface area contributed by atoms with E-state index in [9.17, 15) is 4.79 Å². The second-order valence-electron chi connectivity index (χ2n) is 6.89. The highest BCUT2D eigenvalue weighted by molar-refractivity contribution is 5.81. The summed E-state index contributed by atoms with van der Waals surface area (Å²) in [7, 11) is 0. The Kier molecular flexibility index (Phi) is 7.10. The number of carbonyl (C=O) groups excluding carboxylic acids is 1. The van der Waals surface area contributed by atoms with E-state index in [1.54, 1.807) is 0 Å². The summed E-state index contributed by atoms with van der Waals surface area (Å²) >= 11 is 0. The van der Waals surface area contributed by atoms with Gasteiger partial charge in [0.05, 0.1) is 0 Å². The molecule has 0 aliphatic carbocycles. The van der Waals surface area contributed by atoms with Crippen LogP contribution in [-0.2, 0) is 4.79 Å². The fourth-order valence-corrected chi connectivity index (χ4v) is 3.18. The molecule has 2 rings (SSSR count). The minimum Gasteiger partial charge on any atom is -0.481 e. The molecule has 1 aromatic rings. The molecular weight excluding hydrogens is 300 g/mol. The number of nitrogens with one attached hydrogen (secondary N) is 1. The molecule has 0 aromatic heterocycles. The summed E-state index contributed by atoms with van der Waals surface area (Å²) in [5.74, 6) is 0.794. The van der Waals surface area contributed by atoms with E-state index in [0.29, 0.717) is 6.42 Å². The molecule has 1 aromatic carbocycles. The van der Waals surface area contributed by atoms with Gasteiger partial charge in [-0.15, -0.1) is 0 Å². The molecule has 4 heteroatoms. The number of likely N-dealkylation sites (tertiary alicyclic amines) is 1. The molecule has 0 radical (unpaired) electrons. The number of benzene rings is 1. The van der Waals surface area contributed by atoms with Crippen molar-refractivity contribution in [3.63, 3.8) is 0 Å². The summed E-state index contributed by atoms with van der Waals surface area (Å²) in [6.07, 6.45) is 3.52. The molecule has 24 heavy (non-hydrogen) atoms. The topological polar surface area (TPSA) is 41.6 Å². The van der Waals surface area contributed by atoms with Crippen molar-refractivity contribution in [1.29, 1.82) is 0 Å². The first kappa shape index (κ1) is 18.8. The van der Waals surface area contributed by atoms with Crippen molar-refractivity contribution in [2.45, 2.75) is 65.5 Å². The summed E-state index contributed by atoms with van der Waals surface area (Å²) in [6.45, 7) is 11.7. The molecule has 1 aliphatic heterocycles. The van der Waals surface area contributed by atoms with Crippen LogP contribution >= 0.6 is 0 Å². The van der Waals surface area contributed by atoms with E-state index in [1.165, 1.54) is 17.5 Å². The maximum absolute atomic E-state index is 12.6. The fraction of sp³-hybridized carbons (Fsp3) is 0.650. The number of amides is 1. The van der Waals surface area contributed by atoms with E-state index in [0.717, 1.165) is 38.2 Å². The Bertz CT molecular complexity index is 536. The van der Waals surface area contributed by atoms with Gasteiger partial charge in [0.15, 0.2) is 6.10 Å². The molecule has 134 valence electrons. The smallest absolute Gasteiger partial charge is 0.261 e. The fourth-order valence-electron chi connectivity index (χ4n) is 3.18. The Hall–Kier alpha value is -1.55. The average Bonchev–Trinajstić information content (AvgIpc) is 2.57. The minimum atomic E-state index is -0.416. The minimum absolute atomic E-state index is 0.0182. The molecule has 1 saturated heterocycles. The maximum Gasteiger partial charge on any atom is 0.261 e. The number of aryl methyl sites for hydroxylation is 2. The van der Waals surface area contributed by atoms with E-state index in [1.807, 2.05) is 25.1 Å². The van der Waals surface area contributed by atoms with Crippen LogP contribution in [0.5, 0.6) is 5.75 Å². The van der Waals surface area contributed by atoms with E-state index >= 15 is 0 Å². The van der Waals surface area contributed by atoms with Gasteiger partial charge in [-0.2, -0.15) is 0 Å². The summed E-state index contributed by atoms with van der Waals surface area (Å²) in [4.78, 5) is 15.0. The van der Waals surface area contributed by atoms with Gasteiger partial charge in [0.2, 0.25) is 0 Å².